The van der Waals surface area contributed by atoms with Crippen LogP contribution in [0.15, 0.2) is 18.2 Å². The molecule has 0 bridgehead atoms. The molecule has 1 aromatic rings. The molecule has 0 aliphatic rings. The van der Waals surface area contributed by atoms with Crippen molar-refractivity contribution in [3.8, 4) is 0 Å². The lowest BCUT2D eigenvalue weighted by Gasteiger charge is -2.32. The number of nitrogens with two attached hydrogens (primary N) is 1. The summed E-state index contributed by atoms with van der Waals surface area (Å²) in [6.07, 6.45) is 0.535. The Bertz CT molecular complexity index is 363. The number of hydrogen-bond acceptors (Lipinski definition) is 1. The summed E-state index contributed by atoms with van der Waals surface area (Å²) in [4.78, 5) is 0. The SMILES string of the molecule is CC(C)C(C)(CN)Cc1ccc(F)cc1F. The van der Waals surface area contributed by atoms with E-state index in [9.17, 15) is 8.78 Å². The highest BCUT2D eigenvalue weighted by atomic mass is 19.1. The Morgan fingerprint density at radius 1 is 1.31 bits per heavy atom. The van der Waals surface area contributed by atoms with Gasteiger partial charge in [0.15, 0.2) is 0 Å². The lowest BCUT2D eigenvalue weighted by atomic mass is 9.74. The second kappa shape index (κ2) is 4.91. The predicted molar refractivity (Wildman–Crippen MR) is 62.1 cm³/mol. The number of hydrogen-bond donors (Lipinski definition) is 1. The molecule has 0 aliphatic heterocycles. The average Bonchev–Trinajstić information content (AvgIpc) is 2.22. The van der Waals surface area contributed by atoms with Crippen LogP contribution in [0, 0.1) is 23.0 Å². The van der Waals surface area contributed by atoms with E-state index in [2.05, 4.69) is 13.8 Å². The molecular formula is C13H19F2N. The zero-order chi connectivity index (χ0) is 12.3. The van der Waals surface area contributed by atoms with Gasteiger partial charge in [0.05, 0.1) is 0 Å². The molecule has 0 heterocycles. The highest BCUT2D eigenvalue weighted by Gasteiger charge is 2.28. The Balaban J connectivity index is 2.95. The van der Waals surface area contributed by atoms with Crippen LogP contribution in [0.2, 0.25) is 0 Å². The summed E-state index contributed by atoms with van der Waals surface area (Å²) in [6, 6.07) is 3.71. The van der Waals surface area contributed by atoms with Crippen molar-refractivity contribution in [1.29, 1.82) is 0 Å². The van der Waals surface area contributed by atoms with Gasteiger partial charge in [0, 0.05) is 6.07 Å². The van der Waals surface area contributed by atoms with Crippen LogP contribution < -0.4 is 5.73 Å². The van der Waals surface area contributed by atoms with Crippen LogP contribution in [-0.4, -0.2) is 6.54 Å². The Hall–Kier alpha value is -0.960. The van der Waals surface area contributed by atoms with Crippen molar-refractivity contribution in [3.63, 3.8) is 0 Å². The molecule has 16 heavy (non-hydrogen) atoms. The topological polar surface area (TPSA) is 26.0 Å². The maximum absolute atomic E-state index is 13.5. The largest absolute Gasteiger partial charge is 0.330 e. The number of halogens is 2. The van der Waals surface area contributed by atoms with Crippen molar-refractivity contribution in [2.45, 2.75) is 27.2 Å². The monoisotopic (exact) mass is 227 g/mol. The first-order valence-electron chi connectivity index (χ1n) is 5.53. The molecule has 0 spiro atoms. The Morgan fingerprint density at radius 3 is 2.38 bits per heavy atom. The molecule has 1 nitrogen and oxygen atoms in total. The lowest BCUT2D eigenvalue weighted by Crippen LogP contribution is -2.35. The summed E-state index contributed by atoms with van der Waals surface area (Å²) in [7, 11) is 0. The molecule has 3 heteroatoms. The molecule has 2 N–H and O–H groups in total. The smallest absolute Gasteiger partial charge is 0.129 e. The molecule has 0 saturated heterocycles. The molecule has 1 atom stereocenters. The van der Waals surface area contributed by atoms with Gasteiger partial charge in [0.2, 0.25) is 0 Å². The van der Waals surface area contributed by atoms with E-state index < -0.39 is 11.6 Å². The average molecular weight is 227 g/mol. The molecule has 0 saturated carbocycles. The lowest BCUT2D eigenvalue weighted by molar-refractivity contribution is 0.225. The summed E-state index contributed by atoms with van der Waals surface area (Å²) < 4.78 is 26.3. The minimum atomic E-state index is -0.541. The Kier molecular flexibility index (Phi) is 4.03. The minimum absolute atomic E-state index is 0.154. The third kappa shape index (κ3) is 2.79. The van der Waals surface area contributed by atoms with Gasteiger partial charge in [-0.3, -0.25) is 0 Å². The second-order valence-electron chi connectivity index (χ2n) is 4.93. The minimum Gasteiger partial charge on any atom is -0.330 e. The van der Waals surface area contributed by atoms with E-state index in [0.29, 0.717) is 24.4 Å². The van der Waals surface area contributed by atoms with Crippen molar-refractivity contribution < 1.29 is 8.78 Å². The molecule has 0 radical (unpaired) electrons. The summed E-state index contributed by atoms with van der Waals surface area (Å²) in [5.74, 6) is -0.678. The zero-order valence-corrected chi connectivity index (χ0v) is 10.1. The zero-order valence-electron chi connectivity index (χ0n) is 10.1. The first-order chi connectivity index (χ1) is 7.39. The van der Waals surface area contributed by atoms with Gasteiger partial charge in [-0.2, -0.15) is 0 Å². The van der Waals surface area contributed by atoms with Gasteiger partial charge in [0.25, 0.3) is 0 Å². The molecule has 1 unspecified atom stereocenters. The molecule has 0 aromatic heterocycles. The molecular weight excluding hydrogens is 208 g/mol. The van der Waals surface area contributed by atoms with Crippen molar-refractivity contribution in [2.75, 3.05) is 6.54 Å². The van der Waals surface area contributed by atoms with Gasteiger partial charge in [-0.15, -0.1) is 0 Å². The highest BCUT2D eigenvalue weighted by molar-refractivity contribution is 5.20. The van der Waals surface area contributed by atoms with Gasteiger partial charge in [-0.25, -0.2) is 8.78 Å². The van der Waals surface area contributed by atoms with Crippen LogP contribution in [0.4, 0.5) is 8.78 Å². The summed E-state index contributed by atoms with van der Waals surface area (Å²) in [6.45, 7) is 6.64. The molecule has 0 aliphatic carbocycles. The van der Waals surface area contributed by atoms with E-state index in [1.165, 1.54) is 12.1 Å². The van der Waals surface area contributed by atoms with Crippen LogP contribution in [0.1, 0.15) is 26.3 Å². The molecule has 0 fully saturated rings. The van der Waals surface area contributed by atoms with E-state index in [1.54, 1.807) is 0 Å². The maximum atomic E-state index is 13.5. The normalized spacial score (nSPS) is 15.2. The van der Waals surface area contributed by atoms with E-state index in [0.717, 1.165) is 6.07 Å². The fourth-order valence-corrected chi connectivity index (χ4v) is 1.61. The molecule has 1 aromatic carbocycles. The van der Waals surface area contributed by atoms with Crippen molar-refractivity contribution >= 4 is 0 Å². The summed E-state index contributed by atoms with van der Waals surface area (Å²) in [5.41, 5.74) is 6.12. The van der Waals surface area contributed by atoms with Crippen LogP contribution in [0.3, 0.4) is 0 Å². The first-order valence-corrected chi connectivity index (χ1v) is 5.53. The van der Waals surface area contributed by atoms with Crippen LogP contribution in [0.25, 0.3) is 0 Å². The van der Waals surface area contributed by atoms with Crippen LogP contribution in [0.5, 0.6) is 0 Å². The second-order valence-corrected chi connectivity index (χ2v) is 4.93. The maximum Gasteiger partial charge on any atom is 0.129 e. The van der Waals surface area contributed by atoms with E-state index in [-0.39, 0.29) is 5.41 Å². The molecule has 90 valence electrons. The van der Waals surface area contributed by atoms with E-state index >= 15 is 0 Å². The summed E-state index contributed by atoms with van der Waals surface area (Å²) >= 11 is 0. The highest BCUT2D eigenvalue weighted by Crippen LogP contribution is 2.31. The van der Waals surface area contributed by atoms with Gasteiger partial charge in [-0.1, -0.05) is 26.8 Å². The Labute approximate surface area is 95.7 Å². The predicted octanol–water partition coefficient (Wildman–Crippen LogP) is 3.13. The third-order valence-corrected chi connectivity index (χ3v) is 3.47. The van der Waals surface area contributed by atoms with Gasteiger partial charge in [0.1, 0.15) is 11.6 Å². The quantitative estimate of drug-likeness (QED) is 0.840. The third-order valence-electron chi connectivity index (χ3n) is 3.47. The first kappa shape index (κ1) is 13.1. The fraction of sp³-hybridized carbons (Fsp3) is 0.538. The van der Waals surface area contributed by atoms with Gasteiger partial charge in [-0.05, 0) is 35.9 Å². The van der Waals surface area contributed by atoms with E-state index in [4.69, 9.17) is 5.73 Å². The van der Waals surface area contributed by atoms with Crippen LogP contribution in [-0.2, 0) is 6.42 Å². The number of benzene rings is 1. The molecule has 1 rings (SSSR count). The standard InChI is InChI=1S/C13H19F2N/c1-9(2)13(3,8-16)7-10-4-5-11(14)6-12(10)15/h4-6,9H,7-8,16H2,1-3H3. The van der Waals surface area contributed by atoms with E-state index in [1.807, 2.05) is 6.92 Å². The van der Waals surface area contributed by atoms with Crippen LogP contribution >= 0.6 is 0 Å². The number of rotatable bonds is 4. The van der Waals surface area contributed by atoms with Crippen molar-refractivity contribution in [2.24, 2.45) is 17.1 Å². The Morgan fingerprint density at radius 2 is 1.94 bits per heavy atom. The van der Waals surface area contributed by atoms with Gasteiger partial charge >= 0.3 is 0 Å². The summed E-state index contributed by atoms with van der Waals surface area (Å²) in [5, 5.41) is 0. The fourth-order valence-electron chi connectivity index (χ4n) is 1.61. The van der Waals surface area contributed by atoms with Crippen molar-refractivity contribution in [3.05, 3.63) is 35.4 Å². The van der Waals surface area contributed by atoms with Gasteiger partial charge < -0.3 is 5.73 Å². The van der Waals surface area contributed by atoms with Crippen molar-refractivity contribution in [1.82, 2.24) is 0 Å². The molecule has 0 amide bonds.